The van der Waals surface area contributed by atoms with Crippen molar-refractivity contribution in [3.63, 3.8) is 0 Å². The summed E-state index contributed by atoms with van der Waals surface area (Å²) < 4.78 is 5.19. The molecule has 2 aliphatic carbocycles. The van der Waals surface area contributed by atoms with Crippen molar-refractivity contribution in [2.75, 3.05) is 7.11 Å². The zero-order valence-electron chi connectivity index (χ0n) is 21.7. The number of carbonyl (C=O) groups excluding carboxylic acids is 2. The topological polar surface area (TPSA) is 101 Å². The molecule has 1 aromatic carbocycles. The number of ether oxygens (including phenoxy) is 1. The van der Waals surface area contributed by atoms with Crippen LogP contribution in [0, 0.1) is 29.1 Å². The lowest BCUT2D eigenvalue weighted by atomic mass is 9.51. The van der Waals surface area contributed by atoms with Crippen molar-refractivity contribution < 1.29 is 19.4 Å². The van der Waals surface area contributed by atoms with Crippen LogP contribution in [0.3, 0.4) is 0 Å². The van der Waals surface area contributed by atoms with E-state index in [1.54, 1.807) is 31.5 Å². The van der Waals surface area contributed by atoms with Crippen molar-refractivity contribution in [1.29, 1.82) is 0 Å². The Hall–Kier alpha value is -2.93. The summed E-state index contributed by atoms with van der Waals surface area (Å²) in [6.45, 7) is 6.76. The number of hydrogen-bond acceptors (Lipinski definition) is 5. The van der Waals surface area contributed by atoms with Crippen molar-refractivity contribution >= 4 is 11.8 Å². The van der Waals surface area contributed by atoms with Gasteiger partial charge >= 0.3 is 0 Å². The Balaban J connectivity index is 1.40. The molecular formula is C29H39N3O4. The first-order valence-corrected chi connectivity index (χ1v) is 13.0. The number of pyridine rings is 1. The van der Waals surface area contributed by atoms with Gasteiger partial charge in [-0.3, -0.25) is 14.6 Å². The molecule has 0 bridgehead atoms. The Morgan fingerprint density at radius 2 is 1.89 bits per heavy atom. The number of nitrogens with zero attached hydrogens (tertiary/aromatic N) is 1. The van der Waals surface area contributed by atoms with Gasteiger partial charge in [0, 0.05) is 24.7 Å². The summed E-state index contributed by atoms with van der Waals surface area (Å²) in [6, 6.07) is 12.9. The largest absolute Gasteiger partial charge is 0.497 e. The Labute approximate surface area is 214 Å². The van der Waals surface area contributed by atoms with Gasteiger partial charge < -0.3 is 20.5 Å². The third-order valence-electron chi connectivity index (χ3n) is 8.78. The Kier molecular flexibility index (Phi) is 7.98. The molecule has 0 aliphatic heterocycles. The molecular weight excluding hydrogens is 454 g/mol. The summed E-state index contributed by atoms with van der Waals surface area (Å²) in [5.41, 5.74) is 1.41. The number of amides is 2. The van der Waals surface area contributed by atoms with Crippen LogP contribution < -0.4 is 15.4 Å². The van der Waals surface area contributed by atoms with Crippen LogP contribution in [0.15, 0.2) is 48.7 Å². The molecule has 2 fully saturated rings. The van der Waals surface area contributed by atoms with Crippen LogP contribution >= 0.6 is 0 Å². The number of benzene rings is 1. The monoisotopic (exact) mass is 493 g/mol. The number of rotatable bonds is 7. The van der Waals surface area contributed by atoms with Gasteiger partial charge in [0.1, 0.15) is 11.4 Å². The highest BCUT2D eigenvalue weighted by Crippen LogP contribution is 2.55. The molecule has 2 aromatic rings. The van der Waals surface area contributed by atoms with Gasteiger partial charge in [0.2, 0.25) is 5.91 Å². The first kappa shape index (κ1) is 26.1. The van der Waals surface area contributed by atoms with Gasteiger partial charge in [0.25, 0.3) is 5.91 Å². The molecule has 1 heterocycles. The van der Waals surface area contributed by atoms with Crippen LogP contribution in [0.25, 0.3) is 0 Å². The predicted molar refractivity (Wildman–Crippen MR) is 138 cm³/mol. The van der Waals surface area contributed by atoms with Gasteiger partial charge in [-0.15, -0.1) is 0 Å². The van der Waals surface area contributed by atoms with Gasteiger partial charge in [0.05, 0.1) is 13.2 Å². The van der Waals surface area contributed by atoms with E-state index in [0.717, 1.165) is 37.0 Å². The summed E-state index contributed by atoms with van der Waals surface area (Å²) in [4.78, 5) is 30.0. The first-order valence-electron chi connectivity index (χ1n) is 13.0. The molecule has 4 rings (SSSR count). The number of aliphatic hydroxyl groups excluding tert-OH is 1. The fraction of sp³-hybridized carbons (Fsp3) is 0.552. The summed E-state index contributed by atoms with van der Waals surface area (Å²) in [5, 5.41) is 17.8. The van der Waals surface area contributed by atoms with Crippen molar-refractivity contribution in [2.24, 2.45) is 29.1 Å². The quantitative estimate of drug-likeness (QED) is 0.542. The summed E-state index contributed by atoms with van der Waals surface area (Å²) >= 11 is 0. The maximum Gasteiger partial charge on any atom is 0.270 e. The highest BCUT2D eigenvalue weighted by Gasteiger charge is 2.53. The second-order valence-electron chi connectivity index (χ2n) is 10.9. The second kappa shape index (κ2) is 11.0. The van der Waals surface area contributed by atoms with E-state index >= 15 is 0 Å². The average molecular weight is 494 g/mol. The van der Waals surface area contributed by atoms with Crippen LogP contribution in [-0.2, 0) is 11.3 Å². The summed E-state index contributed by atoms with van der Waals surface area (Å²) in [5.74, 6) is 0.235. The zero-order chi connectivity index (χ0) is 25.9. The lowest BCUT2D eigenvalue weighted by Crippen LogP contribution is -2.58. The molecule has 3 N–H and O–H groups in total. The van der Waals surface area contributed by atoms with Gasteiger partial charge in [-0.1, -0.05) is 39.0 Å². The fourth-order valence-electron chi connectivity index (χ4n) is 6.52. The molecule has 1 aromatic heterocycles. The van der Waals surface area contributed by atoms with Gasteiger partial charge in [-0.05, 0) is 78.7 Å². The molecule has 2 aliphatic rings. The van der Waals surface area contributed by atoms with E-state index < -0.39 is 6.10 Å². The van der Waals surface area contributed by atoms with E-state index in [-0.39, 0.29) is 46.9 Å². The minimum Gasteiger partial charge on any atom is -0.497 e. The fourth-order valence-corrected chi connectivity index (χ4v) is 6.52. The van der Waals surface area contributed by atoms with E-state index in [1.165, 1.54) is 0 Å². The average Bonchev–Trinajstić information content (AvgIpc) is 2.89. The van der Waals surface area contributed by atoms with Crippen LogP contribution in [0.1, 0.15) is 62.5 Å². The van der Waals surface area contributed by atoms with Crippen LogP contribution in [0.4, 0.5) is 0 Å². The minimum atomic E-state index is -0.602. The van der Waals surface area contributed by atoms with Crippen LogP contribution in [-0.4, -0.2) is 41.2 Å². The summed E-state index contributed by atoms with van der Waals surface area (Å²) in [7, 11) is 1.63. The Morgan fingerprint density at radius 1 is 1.17 bits per heavy atom. The molecule has 0 unspecified atom stereocenters. The van der Waals surface area contributed by atoms with E-state index in [4.69, 9.17) is 4.74 Å². The Morgan fingerprint density at radius 3 is 2.56 bits per heavy atom. The van der Waals surface area contributed by atoms with Gasteiger partial charge in [0.15, 0.2) is 0 Å². The third-order valence-corrected chi connectivity index (χ3v) is 8.78. The van der Waals surface area contributed by atoms with E-state index in [2.05, 4.69) is 29.5 Å². The molecule has 7 nitrogen and oxygen atoms in total. The van der Waals surface area contributed by atoms with Crippen molar-refractivity contribution in [2.45, 2.75) is 65.1 Å². The van der Waals surface area contributed by atoms with Crippen LogP contribution in [0.2, 0.25) is 0 Å². The molecule has 2 saturated carbocycles. The zero-order valence-corrected chi connectivity index (χ0v) is 21.7. The maximum absolute atomic E-state index is 13.1. The van der Waals surface area contributed by atoms with E-state index in [0.29, 0.717) is 12.2 Å². The molecule has 0 radical (unpaired) electrons. The second-order valence-corrected chi connectivity index (χ2v) is 10.9. The van der Waals surface area contributed by atoms with Crippen LogP contribution in [0.5, 0.6) is 5.75 Å². The van der Waals surface area contributed by atoms with E-state index in [9.17, 15) is 14.7 Å². The molecule has 194 valence electrons. The van der Waals surface area contributed by atoms with E-state index in [1.807, 2.05) is 31.2 Å². The molecule has 36 heavy (non-hydrogen) atoms. The molecule has 0 saturated heterocycles. The number of nitrogens with one attached hydrogen (secondary N) is 2. The molecule has 7 heteroatoms. The van der Waals surface area contributed by atoms with Crippen molar-refractivity contribution in [3.8, 4) is 5.75 Å². The molecule has 7 atom stereocenters. The Bertz CT molecular complexity index is 1040. The SMILES string of the molecule is COc1ccc(CNC(=O)[C@@H](C)[C@@H]2CC[C@@]3(C)CC[C@H](NC(=O)c4ccccn4)[C@@H](C)[C@@H]3[C@H]2O)cc1. The lowest BCUT2D eigenvalue weighted by Gasteiger charge is -2.56. The number of hydrogen-bond donors (Lipinski definition) is 3. The first-order chi connectivity index (χ1) is 17.2. The smallest absolute Gasteiger partial charge is 0.270 e. The lowest BCUT2D eigenvalue weighted by molar-refractivity contribution is -0.142. The normalized spacial score (nSPS) is 30.5. The highest BCUT2D eigenvalue weighted by molar-refractivity contribution is 5.92. The number of aromatic nitrogens is 1. The maximum atomic E-state index is 13.1. The van der Waals surface area contributed by atoms with Crippen molar-refractivity contribution in [3.05, 3.63) is 59.9 Å². The number of fused-ring (bicyclic) bond motifs is 1. The molecule has 0 spiro atoms. The minimum absolute atomic E-state index is 0.000842. The summed E-state index contributed by atoms with van der Waals surface area (Å²) in [6.07, 6.45) is 4.63. The van der Waals surface area contributed by atoms with Gasteiger partial charge in [-0.25, -0.2) is 0 Å². The van der Waals surface area contributed by atoms with Gasteiger partial charge in [-0.2, -0.15) is 0 Å². The number of carbonyl (C=O) groups is 2. The third kappa shape index (κ3) is 5.41. The number of methoxy groups -OCH3 is 1. The highest BCUT2D eigenvalue weighted by atomic mass is 16.5. The number of aliphatic hydroxyl groups is 1. The predicted octanol–water partition coefficient (Wildman–Crippen LogP) is 3.96. The molecule has 2 amide bonds. The van der Waals surface area contributed by atoms with Crippen molar-refractivity contribution in [1.82, 2.24) is 15.6 Å². The standard InChI is InChI=1S/C29H39N3O4/c1-18(27(34)31-17-20-8-10-21(36-4)11-9-20)22-12-14-29(3)15-13-23(19(2)25(29)26(22)33)32-28(35)24-7-5-6-16-30-24/h5-11,16,18-19,22-23,25-26,33H,12-15,17H2,1-4H3,(H,31,34)(H,32,35)/t18-,19+,22-,23-,25+,26-,29-/m0/s1.